The van der Waals surface area contributed by atoms with Gasteiger partial charge in [-0.1, -0.05) is 6.07 Å². The molecule has 106 valence electrons. The van der Waals surface area contributed by atoms with Gasteiger partial charge in [0.2, 0.25) is 0 Å². The number of nitrogens with zero attached hydrogens (tertiary/aromatic N) is 4. The van der Waals surface area contributed by atoms with E-state index < -0.39 is 0 Å². The van der Waals surface area contributed by atoms with Crippen molar-refractivity contribution in [1.29, 1.82) is 0 Å². The van der Waals surface area contributed by atoms with Crippen LogP contribution in [0.4, 0.5) is 0 Å². The van der Waals surface area contributed by atoms with Crippen molar-refractivity contribution in [3.63, 3.8) is 0 Å². The minimum atomic E-state index is 0.229. The van der Waals surface area contributed by atoms with Gasteiger partial charge in [-0.15, -0.1) is 0 Å². The van der Waals surface area contributed by atoms with Gasteiger partial charge in [0.25, 0.3) is 0 Å². The summed E-state index contributed by atoms with van der Waals surface area (Å²) in [6.45, 7) is 4.63. The minimum Gasteiger partial charge on any atom is -0.374 e. The third-order valence-corrected chi connectivity index (χ3v) is 3.58. The average molecular weight is 272 g/mol. The maximum Gasteiger partial charge on any atom is 0.0898 e. The average Bonchev–Trinajstić information content (AvgIpc) is 3.00. The highest BCUT2D eigenvalue weighted by Gasteiger charge is 2.20. The monoisotopic (exact) mass is 272 g/mol. The molecule has 0 saturated carbocycles. The second kappa shape index (κ2) is 6.63. The molecule has 3 rings (SSSR count). The van der Waals surface area contributed by atoms with Gasteiger partial charge in [-0.25, -0.2) is 0 Å². The number of hydrogen-bond donors (Lipinski definition) is 0. The third kappa shape index (κ3) is 3.65. The molecule has 0 aliphatic carbocycles. The predicted octanol–water partition coefficient (Wildman–Crippen LogP) is 1.22. The SMILES string of the molecule is c1ccc(CCN2CCOC(Cn3cccn3)C2)nc1. The number of morpholine rings is 1. The molecule has 5 heteroatoms. The van der Waals surface area contributed by atoms with E-state index in [-0.39, 0.29) is 6.10 Å². The molecule has 1 aliphatic rings. The predicted molar refractivity (Wildman–Crippen MR) is 76.3 cm³/mol. The minimum absolute atomic E-state index is 0.229. The Morgan fingerprint density at radius 2 is 2.25 bits per heavy atom. The Balaban J connectivity index is 1.48. The quantitative estimate of drug-likeness (QED) is 0.821. The van der Waals surface area contributed by atoms with Crippen LogP contribution in [0.5, 0.6) is 0 Å². The lowest BCUT2D eigenvalue weighted by atomic mass is 10.2. The smallest absolute Gasteiger partial charge is 0.0898 e. The van der Waals surface area contributed by atoms with E-state index in [4.69, 9.17) is 4.74 Å². The van der Waals surface area contributed by atoms with Crippen molar-refractivity contribution in [3.8, 4) is 0 Å². The summed E-state index contributed by atoms with van der Waals surface area (Å²) in [6, 6.07) is 8.03. The molecule has 0 bridgehead atoms. The van der Waals surface area contributed by atoms with Crippen molar-refractivity contribution in [2.24, 2.45) is 0 Å². The molecule has 1 saturated heterocycles. The molecule has 1 unspecified atom stereocenters. The summed E-state index contributed by atoms with van der Waals surface area (Å²) in [7, 11) is 0. The Morgan fingerprint density at radius 3 is 3.05 bits per heavy atom. The second-order valence-corrected chi connectivity index (χ2v) is 5.09. The molecule has 20 heavy (non-hydrogen) atoms. The lowest BCUT2D eigenvalue weighted by Gasteiger charge is -2.32. The first-order chi connectivity index (χ1) is 9.90. The standard InChI is InChI=1S/C15H20N4O/c1-2-6-16-14(4-1)5-9-18-10-11-20-15(12-18)13-19-8-3-7-17-19/h1-4,6-8,15H,5,9-13H2. The Kier molecular flexibility index (Phi) is 4.40. The van der Waals surface area contributed by atoms with Crippen molar-refractivity contribution >= 4 is 0 Å². The topological polar surface area (TPSA) is 43.2 Å². The summed E-state index contributed by atoms with van der Waals surface area (Å²) in [5.74, 6) is 0. The van der Waals surface area contributed by atoms with Crippen molar-refractivity contribution in [2.75, 3.05) is 26.2 Å². The van der Waals surface area contributed by atoms with Gasteiger partial charge < -0.3 is 4.74 Å². The lowest BCUT2D eigenvalue weighted by Crippen LogP contribution is -2.45. The molecule has 0 amide bonds. The number of pyridine rings is 1. The van der Waals surface area contributed by atoms with Crippen LogP contribution in [0.1, 0.15) is 5.69 Å². The number of ether oxygens (including phenoxy) is 1. The van der Waals surface area contributed by atoms with E-state index in [0.717, 1.165) is 44.9 Å². The lowest BCUT2D eigenvalue weighted by molar-refractivity contribution is -0.0371. The molecule has 1 fully saturated rings. The van der Waals surface area contributed by atoms with Crippen molar-refractivity contribution in [3.05, 3.63) is 48.5 Å². The molecule has 0 aromatic carbocycles. The Bertz CT molecular complexity index is 500. The third-order valence-electron chi connectivity index (χ3n) is 3.58. The summed E-state index contributed by atoms with van der Waals surface area (Å²) in [5.41, 5.74) is 1.16. The van der Waals surface area contributed by atoms with Crippen molar-refractivity contribution < 1.29 is 4.74 Å². The van der Waals surface area contributed by atoms with E-state index in [1.807, 2.05) is 41.5 Å². The van der Waals surface area contributed by atoms with E-state index in [9.17, 15) is 0 Å². The van der Waals surface area contributed by atoms with Crippen LogP contribution in [0.2, 0.25) is 0 Å². The van der Waals surface area contributed by atoms with Gasteiger partial charge in [-0.2, -0.15) is 5.10 Å². The molecule has 3 heterocycles. The first-order valence-electron chi connectivity index (χ1n) is 7.11. The molecule has 5 nitrogen and oxygen atoms in total. The Morgan fingerprint density at radius 1 is 1.25 bits per heavy atom. The van der Waals surface area contributed by atoms with Crippen LogP contribution in [0.15, 0.2) is 42.9 Å². The maximum atomic E-state index is 5.82. The molecule has 0 radical (unpaired) electrons. The van der Waals surface area contributed by atoms with E-state index in [1.54, 1.807) is 0 Å². The van der Waals surface area contributed by atoms with Gasteiger partial charge >= 0.3 is 0 Å². The van der Waals surface area contributed by atoms with E-state index in [2.05, 4.69) is 21.0 Å². The van der Waals surface area contributed by atoms with Crippen molar-refractivity contribution in [2.45, 2.75) is 19.1 Å². The number of hydrogen-bond acceptors (Lipinski definition) is 4. The molecule has 1 aliphatic heterocycles. The highest BCUT2D eigenvalue weighted by atomic mass is 16.5. The maximum absolute atomic E-state index is 5.82. The summed E-state index contributed by atoms with van der Waals surface area (Å²) in [5, 5.41) is 4.24. The van der Waals surface area contributed by atoms with Gasteiger partial charge in [-0.3, -0.25) is 14.6 Å². The normalized spacial score (nSPS) is 20.1. The Hall–Kier alpha value is -1.72. The Labute approximate surface area is 119 Å². The largest absolute Gasteiger partial charge is 0.374 e. The summed E-state index contributed by atoms with van der Waals surface area (Å²) >= 11 is 0. The van der Waals surface area contributed by atoms with E-state index in [0.29, 0.717) is 0 Å². The first-order valence-corrected chi connectivity index (χ1v) is 7.11. The fourth-order valence-corrected chi connectivity index (χ4v) is 2.53. The van der Waals surface area contributed by atoms with E-state index in [1.165, 1.54) is 0 Å². The molecule has 2 aromatic heterocycles. The van der Waals surface area contributed by atoms with Gasteiger partial charge in [-0.05, 0) is 18.2 Å². The summed E-state index contributed by atoms with van der Waals surface area (Å²) in [4.78, 5) is 6.82. The van der Waals surface area contributed by atoms with Crippen LogP contribution in [0.3, 0.4) is 0 Å². The number of aromatic nitrogens is 3. The van der Waals surface area contributed by atoms with Crippen molar-refractivity contribution in [1.82, 2.24) is 19.7 Å². The molecule has 2 aromatic rings. The molecule has 0 N–H and O–H groups in total. The molecular formula is C15H20N4O. The zero-order valence-electron chi connectivity index (χ0n) is 11.6. The van der Waals surface area contributed by atoms with Crippen LogP contribution in [0.25, 0.3) is 0 Å². The zero-order valence-corrected chi connectivity index (χ0v) is 11.6. The van der Waals surface area contributed by atoms with Gasteiger partial charge in [0.1, 0.15) is 0 Å². The number of rotatable bonds is 5. The summed E-state index contributed by atoms with van der Waals surface area (Å²) < 4.78 is 7.75. The van der Waals surface area contributed by atoms with Crippen LogP contribution >= 0.6 is 0 Å². The van der Waals surface area contributed by atoms with Gasteiger partial charge in [0.15, 0.2) is 0 Å². The van der Waals surface area contributed by atoms with Crippen LogP contribution in [-0.4, -0.2) is 52.0 Å². The molecular weight excluding hydrogens is 252 g/mol. The second-order valence-electron chi connectivity index (χ2n) is 5.09. The highest BCUT2D eigenvalue weighted by molar-refractivity contribution is 5.03. The zero-order chi connectivity index (χ0) is 13.6. The molecule has 1 atom stereocenters. The fourth-order valence-electron chi connectivity index (χ4n) is 2.53. The summed E-state index contributed by atoms with van der Waals surface area (Å²) in [6.07, 6.45) is 6.87. The fraction of sp³-hybridized carbons (Fsp3) is 0.467. The van der Waals surface area contributed by atoms with Gasteiger partial charge in [0.05, 0.1) is 19.3 Å². The van der Waals surface area contributed by atoms with Crippen LogP contribution in [0, 0.1) is 0 Å². The first kappa shape index (κ1) is 13.3. The van der Waals surface area contributed by atoms with Gasteiger partial charge in [0, 0.05) is 50.3 Å². The van der Waals surface area contributed by atoms with Crippen LogP contribution < -0.4 is 0 Å². The van der Waals surface area contributed by atoms with E-state index >= 15 is 0 Å². The van der Waals surface area contributed by atoms with Crippen LogP contribution in [-0.2, 0) is 17.7 Å². The highest BCUT2D eigenvalue weighted by Crippen LogP contribution is 2.08. The molecule has 0 spiro atoms.